The number of hydrogen-bond donors (Lipinski definition) is 0. The monoisotopic (exact) mass is 354 g/mol. The number of unbranched alkanes of at least 4 members (excludes halogenated alkanes) is 3. The van der Waals surface area contributed by atoms with Gasteiger partial charge in [0.25, 0.3) is 0 Å². The normalized spacial score (nSPS) is 10.9. The van der Waals surface area contributed by atoms with Crippen LogP contribution < -0.4 is 4.74 Å². The number of hydrogen-bond acceptors (Lipinski definition) is 4. The van der Waals surface area contributed by atoms with Crippen molar-refractivity contribution in [2.45, 2.75) is 39.2 Å². The number of aromatic nitrogens is 4. The van der Waals surface area contributed by atoms with E-state index in [4.69, 9.17) is 4.74 Å². The van der Waals surface area contributed by atoms with Gasteiger partial charge in [-0.25, -0.2) is 14.4 Å². The first-order valence-electron chi connectivity index (χ1n) is 8.91. The largest absolute Gasteiger partial charge is 0.467 e. The Bertz CT molecular complexity index is 845. The molecule has 0 bridgehead atoms. The molecule has 2 aromatic heterocycles. The van der Waals surface area contributed by atoms with Gasteiger partial charge in [0.1, 0.15) is 5.82 Å². The van der Waals surface area contributed by atoms with Crippen LogP contribution in [0.15, 0.2) is 42.9 Å². The van der Waals surface area contributed by atoms with E-state index in [0.717, 1.165) is 35.6 Å². The number of rotatable bonds is 8. The van der Waals surface area contributed by atoms with Crippen molar-refractivity contribution in [1.82, 2.24) is 19.5 Å². The van der Waals surface area contributed by atoms with E-state index >= 15 is 0 Å². The second-order valence-corrected chi connectivity index (χ2v) is 6.13. The summed E-state index contributed by atoms with van der Waals surface area (Å²) in [7, 11) is 1.54. The Kier molecular flexibility index (Phi) is 5.94. The van der Waals surface area contributed by atoms with E-state index in [0.29, 0.717) is 6.01 Å². The number of nitrogens with zero attached hydrogens (tertiary/aromatic N) is 4. The van der Waals surface area contributed by atoms with Crippen molar-refractivity contribution in [2.24, 2.45) is 0 Å². The number of aryl methyl sites for hydroxylation is 1. The minimum absolute atomic E-state index is 0.266. The zero-order valence-corrected chi connectivity index (χ0v) is 15.2. The average Bonchev–Trinajstić information content (AvgIpc) is 3.10. The molecule has 0 fully saturated rings. The molecular formula is C20H23FN4O. The van der Waals surface area contributed by atoms with Gasteiger partial charge in [0.15, 0.2) is 0 Å². The van der Waals surface area contributed by atoms with E-state index in [2.05, 4.69) is 26.4 Å². The number of ether oxygens (including phenoxy) is 1. The Morgan fingerprint density at radius 2 is 1.85 bits per heavy atom. The summed E-state index contributed by atoms with van der Waals surface area (Å²) in [4.78, 5) is 13.1. The van der Waals surface area contributed by atoms with Crippen molar-refractivity contribution in [3.63, 3.8) is 0 Å². The van der Waals surface area contributed by atoms with E-state index in [1.165, 1.54) is 31.4 Å². The van der Waals surface area contributed by atoms with Crippen molar-refractivity contribution >= 4 is 0 Å². The fourth-order valence-corrected chi connectivity index (χ4v) is 2.92. The maximum atomic E-state index is 13.3. The second kappa shape index (κ2) is 8.56. The average molecular weight is 354 g/mol. The lowest BCUT2D eigenvalue weighted by Crippen LogP contribution is -2.02. The molecule has 0 spiro atoms. The molecule has 3 aromatic rings. The Labute approximate surface area is 152 Å². The summed E-state index contributed by atoms with van der Waals surface area (Å²) in [5.74, 6) is -0.266. The predicted octanol–water partition coefficient (Wildman–Crippen LogP) is 4.74. The molecule has 136 valence electrons. The highest BCUT2D eigenvalue weighted by atomic mass is 19.1. The maximum Gasteiger partial charge on any atom is 0.316 e. The van der Waals surface area contributed by atoms with E-state index < -0.39 is 0 Å². The minimum Gasteiger partial charge on any atom is -0.467 e. The van der Waals surface area contributed by atoms with Crippen molar-refractivity contribution in [3.05, 3.63) is 48.7 Å². The smallest absolute Gasteiger partial charge is 0.316 e. The van der Waals surface area contributed by atoms with Gasteiger partial charge in [-0.3, -0.25) is 0 Å². The molecule has 0 aliphatic carbocycles. The zero-order chi connectivity index (χ0) is 18.4. The summed E-state index contributed by atoms with van der Waals surface area (Å²) in [5.41, 5.74) is 3.27. The molecule has 6 heteroatoms. The van der Waals surface area contributed by atoms with Gasteiger partial charge in [0, 0.05) is 18.3 Å². The third kappa shape index (κ3) is 4.07. The first kappa shape index (κ1) is 18.0. The molecule has 0 atom stereocenters. The first-order chi connectivity index (χ1) is 12.7. The molecule has 1 aromatic carbocycles. The zero-order valence-electron chi connectivity index (χ0n) is 15.2. The SMILES string of the molecule is CCCCCCn1cnc(-c2ccc(F)cc2)c1-c1ccnc(OC)n1. The van der Waals surface area contributed by atoms with Gasteiger partial charge in [0.05, 0.1) is 30.5 Å². The van der Waals surface area contributed by atoms with Gasteiger partial charge < -0.3 is 9.30 Å². The number of methoxy groups -OCH3 is 1. The van der Waals surface area contributed by atoms with Crippen LogP contribution in [0.3, 0.4) is 0 Å². The van der Waals surface area contributed by atoms with Crippen LogP contribution in [-0.2, 0) is 6.54 Å². The molecule has 0 aliphatic heterocycles. The van der Waals surface area contributed by atoms with Crippen molar-refractivity contribution in [2.75, 3.05) is 7.11 Å². The molecule has 26 heavy (non-hydrogen) atoms. The Hall–Kier alpha value is -2.76. The summed E-state index contributed by atoms with van der Waals surface area (Å²) < 4.78 is 20.6. The van der Waals surface area contributed by atoms with Gasteiger partial charge in [-0.15, -0.1) is 0 Å². The van der Waals surface area contributed by atoms with Gasteiger partial charge in [0.2, 0.25) is 0 Å². The lowest BCUT2D eigenvalue weighted by atomic mass is 10.1. The van der Waals surface area contributed by atoms with Gasteiger partial charge >= 0.3 is 6.01 Å². The Balaban J connectivity index is 2.01. The van der Waals surface area contributed by atoms with Gasteiger partial charge in [-0.05, 0) is 36.8 Å². The summed E-state index contributed by atoms with van der Waals surface area (Å²) in [6, 6.07) is 8.52. The van der Waals surface area contributed by atoms with Gasteiger partial charge in [-0.1, -0.05) is 26.2 Å². The Morgan fingerprint density at radius 1 is 1.04 bits per heavy atom. The molecule has 5 nitrogen and oxygen atoms in total. The summed E-state index contributed by atoms with van der Waals surface area (Å²) >= 11 is 0. The van der Waals surface area contributed by atoms with Crippen LogP contribution in [0, 0.1) is 5.82 Å². The molecule has 0 unspecified atom stereocenters. The summed E-state index contributed by atoms with van der Waals surface area (Å²) in [6.07, 6.45) is 8.16. The van der Waals surface area contributed by atoms with E-state index in [1.54, 1.807) is 25.4 Å². The highest BCUT2D eigenvalue weighted by molar-refractivity contribution is 5.76. The molecular weight excluding hydrogens is 331 g/mol. The number of halogens is 1. The highest BCUT2D eigenvalue weighted by Crippen LogP contribution is 2.31. The molecule has 0 saturated carbocycles. The Morgan fingerprint density at radius 3 is 2.58 bits per heavy atom. The topological polar surface area (TPSA) is 52.8 Å². The lowest BCUT2D eigenvalue weighted by Gasteiger charge is -2.10. The van der Waals surface area contributed by atoms with E-state index in [9.17, 15) is 4.39 Å². The second-order valence-electron chi connectivity index (χ2n) is 6.13. The maximum absolute atomic E-state index is 13.3. The summed E-state index contributed by atoms with van der Waals surface area (Å²) in [6.45, 7) is 3.05. The predicted molar refractivity (Wildman–Crippen MR) is 99.3 cm³/mol. The number of benzene rings is 1. The van der Waals surface area contributed by atoms with Crippen LogP contribution in [0.1, 0.15) is 32.6 Å². The van der Waals surface area contributed by atoms with Crippen molar-refractivity contribution in [3.8, 4) is 28.7 Å². The van der Waals surface area contributed by atoms with Crippen molar-refractivity contribution < 1.29 is 9.13 Å². The molecule has 2 heterocycles. The fraction of sp³-hybridized carbons (Fsp3) is 0.350. The van der Waals surface area contributed by atoms with Crippen LogP contribution in [0.25, 0.3) is 22.6 Å². The molecule has 0 saturated heterocycles. The third-order valence-electron chi connectivity index (χ3n) is 4.27. The standard InChI is InChI=1S/C20H23FN4O/c1-3-4-5-6-13-25-14-23-18(15-7-9-16(21)10-8-15)19(25)17-11-12-22-20(24-17)26-2/h7-12,14H,3-6,13H2,1-2H3. The third-order valence-corrected chi connectivity index (χ3v) is 4.27. The molecule has 0 amide bonds. The minimum atomic E-state index is -0.266. The summed E-state index contributed by atoms with van der Waals surface area (Å²) in [5, 5.41) is 0. The van der Waals surface area contributed by atoms with Crippen LogP contribution in [-0.4, -0.2) is 26.6 Å². The van der Waals surface area contributed by atoms with Crippen molar-refractivity contribution in [1.29, 1.82) is 0 Å². The molecule has 0 radical (unpaired) electrons. The highest BCUT2D eigenvalue weighted by Gasteiger charge is 2.17. The molecule has 0 aliphatic rings. The first-order valence-corrected chi connectivity index (χ1v) is 8.91. The van der Waals surface area contributed by atoms with Gasteiger partial charge in [-0.2, -0.15) is 4.98 Å². The van der Waals surface area contributed by atoms with Crippen LogP contribution in [0.4, 0.5) is 4.39 Å². The van der Waals surface area contributed by atoms with Crippen LogP contribution in [0.2, 0.25) is 0 Å². The lowest BCUT2D eigenvalue weighted by molar-refractivity contribution is 0.380. The molecule has 3 rings (SSSR count). The quantitative estimate of drug-likeness (QED) is 0.549. The van der Waals surface area contributed by atoms with Crippen LogP contribution in [0.5, 0.6) is 6.01 Å². The molecule has 0 N–H and O–H groups in total. The number of imidazole rings is 1. The van der Waals surface area contributed by atoms with E-state index in [-0.39, 0.29) is 5.82 Å². The van der Waals surface area contributed by atoms with Crippen LogP contribution >= 0.6 is 0 Å². The van der Waals surface area contributed by atoms with E-state index in [1.807, 2.05) is 12.4 Å². The fourth-order valence-electron chi connectivity index (χ4n) is 2.92.